The number of thiophene rings is 1. The zero-order chi connectivity index (χ0) is 9.10. The van der Waals surface area contributed by atoms with E-state index in [-0.39, 0.29) is 0 Å². The van der Waals surface area contributed by atoms with Gasteiger partial charge in [-0.25, -0.2) is 4.98 Å². The number of aromatic nitrogens is 1. The maximum Gasteiger partial charge on any atom is 0.182 e. The topological polar surface area (TPSA) is 24.9 Å². The van der Waals surface area contributed by atoms with Crippen LogP contribution in [0, 0.1) is 6.92 Å². The lowest BCUT2D eigenvalue weighted by Gasteiger charge is -1.97. The molecule has 4 heteroatoms. The molecule has 0 aliphatic carbocycles. The molecule has 0 aliphatic rings. The molecule has 0 amide bonds. The Hall–Kier alpha value is -0.870. The van der Waals surface area contributed by atoms with E-state index in [0.717, 1.165) is 11.7 Å². The van der Waals surface area contributed by atoms with Crippen molar-refractivity contribution in [2.45, 2.75) is 13.5 Å². The molecule has 13 heavy (non-hydrogen) atoms. The number of anilines is 1. The third-order valence-electron chi connectivity index (χ3n) is 1.63. The van der Waals surface area contributed by atoms with Crippen LogP contribution in [0.3, 0.4) is 0 Å². The third-order valence-corrected chi connectivity index (χ3v) is 3.42. The molecule has 2 rings (SSSR count). The van der Waals surface area contributed by atoms with Crippen molar-refractivity contribution >= 4 is 27.8 Å². The maximum atomic E-state index is 4.15. The molecule has 2 heterocycles. The molecule has 0 aromatic carbocycles. The van der Waals surface area contributed by atoms with Gasteiger partial charge in [-0.2, -0.15) is 0 Å². The Kier molecular flexibility index (Phi) is 2.61. The smallest absolute Gasteiger partial charge is 0.182 e. The fraction of sp³-hybridized carbons (Fsp3) is 0.222. The van der Waals surface area contributed by atoms with Gasteiger partial charge in [-0.05, 0) is 23.9 Å². The Balaban J connectivity index is 1.93. The molecule has 0 atom stereocenters. The fourth-order valence-corrected chi connectivity index (χ4v) is 2.40. The van der Waals surface area contributed by atoms with E-state index in [0.29, 0.717) is 0 Å². The van der Waals surface area contributed by atoms with Crippen LogP contribution in [0.4, 0.5) is 5.13 Å². The summed E-state index contributed by atoms with van der Waals surface area (Å²) in [6, 6.07) is 2.20. The molecule has 0 spiro atoms. The van der Waals surface area contributed by atoms with Gasteiger partial charge >= 0.3 is 0 Å². The molecule has 0 saturated heterocycles. The minimum Gasteiger partial charge on any atom is -0.357 e. The lowest BCUT2D eigenvalue weighted by Crippen LogP contribution is -1.95. The van der Waals surface area contributed by atoms with Gasteiger partial charge in [0.2, 0.25) is 0 Å². The van der Waals surface area contributed by atoms with Crippen molar-refractivity contribution in [2.24, 2.45) is 0 Å². The molecule has 0 saturated carbocycles. The van der Waals surface area contributed by atoms with Crippen molar-refractivity contribution in [1.82, 2.24) is 4.98 Å². The van der Waals surface area contributed by atoms with Gasteiger partial charge in [-0.15, -0.1) is 22.7 Å². The highest BCUT2D eigenvalue weighted by atomic mass is 32.1. The van der Waals surface area contributed by atoms with Crippen molar-refractivity contribution in [2.75, 3.05) is 5.32 Å². The minimum atomic E-state index is 0.881. The summed E-state index contributed by atoms with van der Waals surface area (Å²) in [5, 5.41) is 8.40. The molecule has 0 bridgehead atoms. The van der Waals surface area contributed by atoms with Crippen LogP contribution in [0.5, 0.6) is 0 Å². The van der Waals surface area contributed by atoms with E-state index in [9.17, 15) is 0 Å². The molecule has 0 radical (unpaired) electrons. The van der Waals surface area contributed by atoms with E-state index in [4.69, 9.17) is 0 Å². The zero-order valence-corrected chi connectivity index (χ0v) is 8.91. The number of nitrogens with one attached hydrogen (secondary N) is 1. The zero-order valence-electron chi connectivity index (χ0n) is 7.28. The SMILES string of the molecule is Cc1csc(CNc2nccs2)c1. The first kappa shape index (κ1) is 8.72. The van der Waals surface area contributed by atoms with E-state index in [2.05, 4.69) is 28.7 Å². The van der Waals surface area contributed by atoms with Gasteiger partial charge in [0.15, 0.2) is 5.13 Å². The van der Waals surface area contributed by atoms with Crippen molar-refractivity contribution in [3.05, 3.63) is 33.5 Å². The molecule has 68 valence electrons. The molecule has 1 N–H and O–H groups in total. The van der Waals surface area contributed by atoms with Gasteiger partial charge < -0.3 is 5.32 Å². The molecular formula is C9H10N2S2. The second-order valence-corrected chi connectivity index (χ2v) is 4.67. The van der Waals surface area contributed by atoms with E-state index >= 15 is 0 Å². The molecule has 0 unspecified atom stereocenters. The second kappa shape index (κ2) is 3.89. The number of hydrogen-bond acceptors (Lipinski definition) is 4. The van der Waals surface area contributed by atoms with Crippen LogP contribution in [0.1, 0.15) is 10.4 Å². The Morgan fingerprint density at radius 1 is 1.46 bits per heavy atom. The van der Waals surface area contributed by atoms with Crippen LogP contribution in [0.25, 0.3) is 0 Å². The highest BCUT2D eigenvalue weighted by molar-refractivity contribution is 7.13. The van der Waals surface area contributed by atoms with Crippen molar-refractivity contribution in [3.63, 3.8) is 0 Å². The number of aryl methyl sites for hydroxylation is 1. The summed E-state index contributed by atoms with van der Waals surface area (Å²) >= 11 is 3.42. The highest BCUT2D eigenvalue weighted by Crippen LogP contribution is 2.16. The van der Waals surface area contributed by atoms with Gasteiger partial charge in [-0.1, -0.05) is 0 Å². The quantitative estimate of drug-likeness (QED) is 0.842. The van der Waals surface area contributed by atoms with Gasteiger partial charge in [0.05, 0.1) is 6.54 Å². The molecular weight excluding hydrogens is 200 g/mol. The highest BCUT2D eigenvalue weighted by Gasteiger charge is 1.97. The van der Waals surface area contributed by atoms with Crippen LogP contribution in [0.15, 0.2) is 23.0 Å². The Morgan fingerprint density at radius 2 is 2.38 bits per heavy atom. The first-order chi connectivity index (χ1) is 6.34. The van der Waals surface area contributed by atoms with E-state index < -0.39 is 0 Å². The first-order valence-corrected chi connectivity index (χ1v) is 5.78. The number of nitrogens with zero attached hydrogens (tertiary/aromatic N) is 1. The maximum absolute atomic E-state index is 4.15. The Labute approximate surface area is 85.3 Å². The summed E-state index contributed by atoms with van der Waals surface area (Å²) in [6.45, 7) is 3.00. The summed E-state index contributed by atoms with van der Waals surface area (Å²) in [5.74, 6) is 0. The predicted molar refractivity (Wildman–Crippen MR) is 58.5 cm³/mol. The van der Waals surface area contributed by atoms with Gasteiger partial charge in [0.1, 0.15) is 0 Å². The van der Waals surface area contributed by atoms with Crippen LogP contribution < -0.4 is 5.32 Å². The number of rotatable bonds is 3. The molecule has 2 nitrogen and oxygen atoms in total. The molecule has 0 fully saturated rings. The van der Waals surface area contributed by atoms with Gasteiger partial charge in [0, 0.05) is 16.5 Å². The lowest BCUT2D eigenvalue weighted by atomic mass is 10.3. The second-order valence-electron chi connectivity index (χ2n) is 2.78. The predicted octanol–water partition coefficient (Wildman–Crippen LogP) is 3.13. The van der Waals surface area contributed by atoms with Gasteiger partial charge in [-0.3, -0.25) is 0 Å². The van der Waals surface area contributed by atoms with Crippen LogP contribution in [-0.2, 0) is 6.54 Å². The first-order valence-electron chi connectivity index (χ1n) is 4.02. The third kappa shape index (κ3) is 2.29. The van der Waals surface area contributed by atoms with E-state index in [1.54, 1.807) is 22.7 Å². The molecule has 2 aromatic heterocycles. The van der Waals surface area contributed by atoms with E-state index in [1.165, 1.54) is 10.4 Å². The monoisotopic (exact) mass is 210 g/mol. The standard InChI is InChI=1S/C9H10N2S2/c1-7-4-8(13-6-7)5-11-9-10-2-3-12-9/h2-4,6H,5H2,1H3,(H,10,11). The average molecular weight is 210 g/mol. The lowest BCUT2D eigenvalue weighted by molar-refractivity contribution is 1.17. The van der Waals surface area contributed by atoms with Gasteiger partial charge in [0.25, 0.3) is 0 Å². The van der Waals surface area contributed by atoms with Crippen LogP contribution >= 0.6 is 22.7 Å². The summed E-state index contributed by atoms with van der Waals surface area (Å²) in [5.41, 5.74) is 1.33. The molecule has 0 aliphatic heterocycles. The summed E-state index contributed by atoms with van der Waals surface area (Å²) in [4.78, 5) is 5.50. The van der Waals surface area contributed by atoms with Crippen molar-refractivity contribution in [1.29, 1.82) is 0 Å². The Bertz CT molecular complexity index is 365. The largest absolute Gasteiger partial charge is 0.357 e. The van der Waals surface area contributed by atoms with Crippen molar-refractivity contribution < 1.29 is 0 Å². The molecule has 2 aromatic rings. The van der Waals surface area contributed by atoms with E-state index in [1.807, 2.05) is 11.6 Å². The van der Waals surface area contributed by atoms with Crippen molar-refractivity contribution in [3.8, 4) is 0 Å². The summed E-state index contributed by atoms with van der Waals surface area (Å²) < 4.78 is 0. The average Bonchev–Trinajstić information content (AvgIpc) is 2.71. The summed E-state index contributed by atoms with van der Waals surface area (Å²) in [6.07, 6.45) is 1.81. The number of hydrogen-bond donors (Lipinski definition) is 1. The number of thiazole rings is 1. The van der Waals surface area contributed by atoms with Crippen LogP contribution in [0.2, 0.25) is 0 Å². The fourth-order valence-electron chi connectivity index (χ4n) is 1.06. The van der Waals surface area contributed by atoms with Crippen LogP contribution in [-0.4, -0.2) is 4.98 Å². The Morgan fingerprint density at radius 3 is 3.00 bits per heavy atom. The normalized spacial score (nSPS) is 10.2. The summed E-state index contributed by atoms with van der Waals surface area (Å²) in [7, 11) is 0. The minimum absolute atomic E-state index is 0.881.